The summed E-state index contributed by atoms with van der Waals surface area (Å²) in [5.41, 5.74) is 0. The Morgan fingerprint density at radius 3 is 1.20 bits per heavy atom. The summed E-state index contributed by atoms with van der Waals surface area (Å²) >= 11 is 0. The molecule has 0 aromatic rings. The lowest BCUT2D eigenvalue weighted by molar-refractivity contribution is -0.150. The number of nitrogens with one attached hydrogen (secondary N) is 2. The van der Waals surface area contributed by atoms with Gasteiger partial charge in [0.25, 0.3) is 0 Å². The first-order chi connectivity index (χ1) is 31.8. The van der Waals surface area contributed by atoms with E-state index < -0.39 is 18.0 Å². The highest BCUT2D eigenvalue weighted by atomic mass is 16.5. The number of hydrogen-bond acceptors (Lipinski definition) is 10. The van der Waals surface area contributed by atoms with Gasteiger partial charge in [0.15, 0.2) is 0 Å². The van der Waals surface area contributed by atoms with Crippen molar-refractivity contribution >= 4 is 29.8 Å². The lowest BCUT2D eigenvalue weighted by atomic mass is 9.94. The second kappa shape index (κ2) is 43.9. The van der Waals surface area contributed by atoms with Gasteiger partial charge in [-0.15, -0.1) is 0 Å². The maximum atomic E-state index is 13.2. The third kappa shape index (κ3) is 34.3. The molecule has 0 aromatic heterocycles. The molecule has 4 unspecified atom stereocenters. The molecular weight excluding hydrogens is 821 g/mol. The molecule has 0 radical (unpaired) electrons. The van der Waals surface area contributed by atoms with Crippen LogP contribution in [0.4, 0.5) is 0 Å². The SMILES string of the molecule is CCCCCCCCC(CCCCCC)C(=O)OCCCCCCOC(=O)CCC(NC(=O)C1CCCN1)C(=O)OCCCCCCOC(=O)C(CCCCCC)CCCCCCCC. The van der Waals surface area contributed by atoms with E-state index in [-0.39, 0.29) is 61.8 Å². The molecule has 65 heavy (non-hydrogen) atoms. The fraction of sp³-hybridized carbons (Fsp3) is 0.907. The highest BCUT2D eigenvalue weighted by molar-refractivity contribution is 5.88. The molecular formula is C54H100N2O9. The zero-order valence-electron chi connectivity index (χ0n) is 42.5. The van der Waals surface area contributed by atoms with Crippen LogP contribution in [0, 0.1) is 11.8 Å². The standard InChI is InChI=1S/C54H100N2O9/c1-5-9-13-17-19-27-36-46(34-25-15-11-7-3)52(59)63-43-30-22-21-29-42-62-50(57)40-39-49(56-51(58)48-38-33-41-55-48)54(61)65-45-32-24-23-31-44-64-53(60)47(35-26-16-12-8-4)37-28-20-18-14-10-6-2/h46-49,55H,5-45H2,1-4H3,(H,56,58). The number of carbonyl (C=O) groups excluding carboxylic acids is 5. The first-order valence-corrected chi connectivity index (χ1v) is 27.5. The summed E-state index contributed by atoms with van der Waals surface area (Å²) in [6.45, 7) is 11.0. The fourth-order valence-corrected chi connectivity index (χ4v) is 8.66. The number of ether oxygens (including phenoxy) is 4. The molecule has 2 N–H and O–H groups in total. The molecule has 0 aromatic carbocycles. The smallest absolute Gasteiger partial charge is 0.328 e. The molecule has 11 heteroatoms. The second-order valence-electron chi connectivity index (χ2n) is 19.0. The van der Waals surface area contributed by atoms with E-state index in [1.807, 2.05) is 0 Å². The Bertz CT molecular complexity index is 1180. The zero-order chi connectivity index (χ0) is 47.4. The van der Waals surface area contributed by atoms with Gasteiger partial charge in [-0.3, -0.25) is 19.2 Å². The van der Waals surface area contributed by atoms with E-state index >= 15 is 0 Å². The summed E-state index contributed by atoms with van der Waals surface area (Å²) in [7, 11) is 0. The van der Waals surface area contributed by atoms with Crippen molar-refractivity contribution in [1.82, 2.24) is 10.6 Å². The molecule has 0 spiro atoms. The molecule has 1 rings (SSSR count). The molecule has 1 heterocycles. The minimum absolute atomic E-state index is 0.000157. The molecule has 0 bridgehead atoms. The minimum Gasteiger partial charge on any atom is -0.466 e. The molecule has 1 fully saturated rings. The summed E-state index contributed by atoms with van der Waals surface area (Å²) in [4.78, 5) is 64.7. The molecule has 4 atom stereocenters. The van der Waals surface area contributed by atoms with E-state index in [0.29, 0.717) is 32.5 Å². The van der Waals surface area contributed by atoms with Gasteiger partial charge in [0.05, 0.1) is 44.3 Å². The quantitative estimate of drug-likeness (QED) is 0.0344. The largest absolute Gasteiger partial charge is 0.466 e. The average Bonchev–Trinajstić information content (AvgIpc) is 3.86. The van der Waals surface area contributed by atoms with Crippen LogP contribution in [-0.4, -0.2) is 74.8 Å². The Hall–Kier alpha value is -2.69. The van der Waals surface area contributed by atoms with Crippen molar-refractivity contribution in [2.24, 2.45) is 11.8 Å². The number of carbonyl (C=O) groups is 5. The molecule has 0 saturated carbocycles. The Morgan fingerprint density at radius 2 is 0.800 bits per heavy atom. The summed E-state index contributed by atoms with van der Waals surface area (Å²) < 4.78 is 22.5. The Morgan fingerprint density at radius 1 is 0.446 bits per heavy atom. The second-order valence-corrected chi connectivity index (χ2v) is 19.0. The molecule has 11 nitrogen and oxygen atoms in total. The number of rotatable bonds is 46. The van der Waals surface area contributed by atoms with Gasteiger partial charge >= 0.3 is 23.9 Å². The van der Waals surface area contributed by atoms with Crippen LogP contribution in [0.5, 0.6) is 0 Å². The van der Waals surface area contributed by atoms with Crippen molar-refractivity contribution in [1.29, 1.82) is 0 Å². The van der Waals surface area contributed by atoms with Crippen molar-refractivity contribution in [2.75, 3.05) is 33.0 Å². The van der Waals surface area contributed by atoms with Gasteiger partial charge in [-0.1, -0.05) is 156 Å². The van der Waals surface area contributed by atoms with Crippen molar-refractivity contribution in [3.63, 3.8) is 0 Å². The molecule has 0 aliphatic carbocycles. The topological polar surface area (TPSA) is 146 Å². The van der Waals surface area contributed by atoms with Gasteiger partial charge in [0.1, 0.15) is 6.04 Å². The Kier molecular flexibility index (Phi) is 40.7. The molecule has 380 valence electrons. The van der Waals surface area contributed by atoms with Gasteiger partial charge in [0, 0.05) is 6.42 Å². The third-order valence-electron chi connectivity index (χ3n) is 13.0. The highest BCUT2D eigenvalue weighted by Gasteiger charge is 2.29. The highest BCUT2D eigenvalue weighted by Crippen LogP contribution is 2.22. The number of amides is 1. The van der Waals surface area contributed by atoms with Crippen LogP contribution in [0.2, 0.25) is 0 Å². The van der Waals surface area contributed by atoms with Crippen LogP contribution >= 0.6 is 0 Å². The van der Waals surface area contributed by atoms with E-state index in [4.69, 9.17) is 18.9 Å². The van der Waals surface area contributed by atoms with Crippen LogP contribution in [0.25, 0.3) is 0 Å². The normalized spacial score (nSPS) is 15.0. The number of hydrogen-bond donors (Lipinski definition) is 2. The monoisotopic (exact) mass is 921 g/mol. The molecule has 1 amide bonds. The Labute approximate surface area is 397 Å². The summed E-state index contributed by atoms with van der Waals surface area (Å²) in [5.74, 6) is -1.28. The molecule has 1 aliphatic rings. The predicted molar refractivity (Wildman–Crippen MR) is 263 cm³/mol. The lowest BCUT2D eigenvalue weighted by Gasteiger charge is -2.20. The summed E-state index contributed by atoms with van der Waals surface area (Å²) in [5, 5.41) is 5.98. The fourth-order valence-electron chi connectivity index (χ4n) is 8.66. The maximum absolute atomic E-state index is 13.2. The van der Waals surface area contributed by atoms with Gasteiger partial charge in [0.2, 0.25) is 5.91 Å². The third-order valence-corrected chi connectivity index (χ3v) is 13.0. The summed E-state index contributed by atoms with van der Waals surface area (Å²) in [6.07, 6.45) is 35.6. The maximum Gasteiger partial charge on any atom is 0.328 e. The van der Waals surface area contributed by atoms with Gasteiger partial charge < -0.3 is 29.6 Å². The minimum atomic E-state index is -0.937. The van der Waals surface area contributed by atoms with E-state index in [2.05, 4.69) is 38.3 Å². The zero-order valence-corrected chi connectivity index (χ0v) is 42.5. The van der Waals surface area contributed by atoms with Crippen molar-refractivity contribution in [3.8, 4) is 0 Å². The Balaban J connectivity index is 2.38. The average molecular weight is 921 g/mol. The van der Waals surface area contributed by atoms with Crippen LogP contribution in [0.1, 0.15) is 259 Å². The van der Waals surface area contributed by atoms with E-state index in [0.717, 1.165) is 103 Å². The predicted octanol–water partition coefficient (Wildman–Crippen LogP) is 13.0. The van der Waals surface area contributed by atoms with E-state index in [1.165, 1.54) is 103 Å². The summed E-state index contributed by atoms with van der Waals surface area (Å²) in [6, 6.07) is -1.29. The van der Waals surface area contributed by atoms with E-state index in [1.54, 1.807) is 0 Å². The van der Waals surface area contributed by atoms with Crippen molar-refractivity contribution in [2.45, 2.75) is 271 Å². The van der Waals surface area contributed by atoms with Crippen LogP contribution in [-0.2, 0) is 42.9 Å². The van der Waals surface area contributed by atoms with Gasteiger partial charge in [-0.2, -0.15) is 0 Å². The van der Waals surface area contributed by atoms with Crippen LogP contribution in [0.15, 0.2) is 0 Å². The first-order valence-electron chi connectivity index (χ1n) is 27.5. The van der Waals surface area contributed by atoms with E-state index in [9.17, 15) is 24.0 Å². The number of esters is 4. The van der Waals surface area contributed by atoms with Gasteiger partial charge in [-0.25, -0.2) is 4.79 Å². The molecule has 1 aliphatic heterocycles. The van der Waals surface area contributed by atoms with Crippen molar-refractivity contribution in [3.05, 3.63) is 0 Å². The van der Waals surface area contributed by atoms with Gasteiger partial charge in [-0.05, 0) is 103 Å². The van der Waals surface area contributed by atoms with Crippen LogP contribution < -0.4 is 10.6 Å². The first kappa shape index (κ1) is 60.3. The van der Waals surface area contributed by atoms with Crippen molar-refractivity contribution < 1.29 is 42.9 Å². The van der Waals surface area contributed by atoms with Crippen LogP contribution in [0.3, 0.4) is 0 Å². The lowest BCUT2D eigenvalue weighted by Crippen LogP contribution is -2.49. The molecule has 1 saturated heterocycles. The number of unbranched alkanes of at least 4 members (excludes halogenated alkanes) is 22.